The van der Waals surface area contributed by atoms with Crippen molar-refractivity contribution in [2.24, 2.45) is 7.05 Å². The van der Waals surface area contributed by atoms with E-state index in [0.717, 1.165) is 23.2 Å². The molecule has 0 saturated heterocycles. The second kappa shape index (κ2) is 2.59. The lowest BCUT2D eigenvalue weighted by molar-refractivity contribution is 0.521. The molecule has 0 unspecified atom stereocenters. The first kappa shape index (κ1) is 9.24. The molecule has 14 heavy (non-hydrogen) atoms. The van der Waals surface area contributed by atoms with Crippen molar-refractivity contribution in [1.29, 1.82) is 0 Å². The molecule has 0 spiro atoms. The summed E-state index contributed by atoms with van der Waals surface area (Å²) in [7, 11) is 1.52. The van der Waals surface area contributed by atoms with E-state index in [0.29, 0.717) is 0 Å². The van der Waals surface area contributed by atoms with E-state index in [1.54, 1.807) is 10.6 Å². The Balaban J connectivity index is 2.84. The van der Waals surface area contributed by atoms with Crippen LogP contribution in [0.1, 0.15) is 26.0 Å². The first-order valence-electron chi connectivity index (χ1n) is 4.75. The summed E-state index contributed by atoms with van der Waals surface area (Å²) >= 11 is 0. The summed E-state index contributed by atoms with van der Waals surface area (Å²) in [5.74, 6) is 0. The molecule has 1 aromatic heterocycles. The van der Waals surface area contributed by atoms with E-state index in [1.807, 2.05) is 0 Å². The van der Waals surface area contributed by atoms with Crippen LogP contribution < -0.4 is 11.2 Å². The van der Waals surface area contributed by atoms with Crippen LogP contribution in [0.25, 0.3) is 0 Å². The molecular formula is C10H14N2O2. The molecule has 1 aromatic rings. The molecule has 0 atom stereocenters. The predicted molar refractivity (Wildman–Crippen MR) is 53.6 cm³/mol. The Morgan fingerprint density at radius 1 is 1.36 bits per heavy atom. The van der Waals surface area contributed by atoms with Gasteiger partial charge in [-0.2, -0.15) is 0 Å². The SMILES string of the molecule is Cn1c(=O)cc2n(c1=O)CCC2(C)C. The second-order valence-corrected chi connectivity index (χ2v) is 4.49. The van der Waals surface area contributed by atoms with Crippen LogP contribution in [0.5, 0.6) is 0 Å². The minimum absolute atomic E-state index is 0.0490. The van der Waals surface area contributed by atoms with E-state index in [9.17, 15) is 9.59 Å². The molecule has 0 radical (unpaired) electrons. The van der Waals surface area contributed by atoms with Gasteiger partial charge in [-0.1, -0.05) is 13.8 Å². The highest BCUT2D eigenvalue weighted by molar-refractivity contribution is 5.18. The zero-order valence-corrected chi connectivity index (χ0v) is 8.70. The van der Waals surface area contributed by atoms with Gasteiger partial charge < -0.3 is 0 Å². The van der Waals surface area contributed by atoms with Gasteiger partial charge in [-0.05, 0) is 6.42 Å². The highest BCUT2D eigenvalue weighted by atomic mass is 16.2. The van der Waals surface area contributed by atoms with Crippen molar-refractivity contribution >= 4 is 0 Å². The molecule has 0 bridgehead atoms. The Labute approximate surface area is 81.8 Å². The summed E-state index contributed by atoms with van der Waals surface area (Å²) in [6.07, 6.45) is 0.922. The molecular weight excluding hydrogens is 180 g/mol. The van der Waals surface area contributed by atoms with Crippen LogP contribution in [0.4, 0.5) is 0 Å². The Morgan fingerprint density at radius 2 is 2.00 bits per heavy atom. The molecule has 1 aliphatic rings. The first-order chi connectivity index (χ1) is 6.43. The highest BCUT2D eigenvalue weighted by Gasteiger charge is 2.31. The zero-order valence-electron chi connectivity index (χ0n) is 8.70. The molecule has 0 N–H and O–H groups in total. The van der Waals surface area contributed by atoms with E-state index in [-0.39, 0.29) is 16.7 Å². The molecule has 0 aliphatic carbocycles. The maximum absolute atomic E-state index is 11.7. The minimum atomic E-state index is -0.212. The van der Waals surface area contributed by atoms with Gasteiger partial charge >= 0.3 is 5.69 Å². The van der Waals surface area contributed by atoms with Gasteiger partial charge in [-0.15, -0.1) is 0 Å². The Kier molecular flexibility index (Phi) is 1.71. The van der Waals surface area contributed by atoms with Crippen LogP contribution in [0, 0.1) is 0 Å². The van der Waals surface area contributed by atoms with E-state index in [2.05, 4.69) is 13.8 Å². The van der Waals surface area contributed by atoms with Crippen molar-refractivity contribution in [3.8, 4) is 0 Å². The summed E-state index contributed by atoms with van der Waals surface area (Å²) in [5, 5.41) is 0. The lowest BCUT2D eigenvalue weighted by Gasteiger charge is -2.17. The maximum Gasteiger partial charge on any atom is 0.330 e. The molecule has 4 heteroatoms. The average Bonchev–Trinajstić information content (AvgIpc) is 2.39. The van der Waals surface area contributed by atoms with Crippen LogP contribution >= 0.6 is 0 Å². The molecule has 0 amide bonds. The van der Waals surface area contributed by atoms with Crippen molar-refractivity contribution in [2.75, 3.05) is 0 Å². The normalized spacial score (nSPS) is 18.2. The molecule has 0 aromatic carbocycles. The monoisotopic (exact) mass is 194 g/mol. The summed E-state index contributed by atoms with van der Waals surface area (Å²) in [6, 6.07) is 1.58. The third-order valence-electron chi connectivity index (χ3n) is 3.05. The minimum Gasteiger partial charge on any atom is -0.297 e. The fourth-order valence-corrected chi connectivity index (χ4v) is 1.97. The Morgan fingerprint density at radius 3 is 2.64 bits per heavy atom. The molecule has 4 nitrogen and oxygen atoms in total. The zero-order chi connectivity index (χ0) is 10.5. The third-order valence-corrected chi connectivity index (χ3v) is 3.05. The molecule has 76 valence electrons. The summed E-state index contributed by atoms with van der Waals surface area (Å²) in [5.41, 5.74) is 0.409. The van der Waals surface area contributed by atoms with E-state index in [4.69, 9.17) is 0 Å². The van der Waals surface area contributed by atoms with Gasteiger partial charge in [0.15, 0.2) is 0 Å². The van der Waals surface area contributed by atoms with E-state index in [1.165, 1.54) is 7.05 Å². The number of rotatable bonds is 0. The quantitative estimate of drug-likeness (QED) is 0.593. The lowest BCUT2D eigenvalue weighted by Crippen LogP contribution is -2.38. The standard InChI is InChI=1S/C10H14N2O2/c1-10(2)4-5-12-7(10)6-8(13)11(3)9(12)14/h6H,4-5H2,1-3H3. The van der Waals surface area contributed by atoms with Gasteiger partial charge in [0.2, 0.25) is 0 Å². The Bertz CT molecular complexity index is 494. The molecule has 2 rings (SSSR count). The summed E-state index contributed by atoms with van der Waals surface area (Å²) < 4.78 is 2.85. The van der Waals surface area contributed by atoms with Gasteiger partial charge in [-0.25, -0.2) is 4.79 Å². The van der Waals surface area contributed by atoms with Crippen LogP contribution in [0.3, 0.4) is 0 Å². The second-order valence-electron chi connectivity index (χ2n) is 4.49. The molecule has 2 heterocycles. The topological polar surface area (TPSA) is 44.0 Å². The van der Waals surface area contributed by atoms with Gasteiger partial charge in [-0.3, -0.25) is 13.9 Å². The predicted octanol–water partition coefficient (Wildman–Crippen LogP) is 0.228. The van der Waals surface area contributed by atoms with E-state index < -0.39 is 0 Å². The highest BCUT2D eigenvalue weighted by Crippen LogP contribution is 2.31. The average molecular weight is 194 g/mol. The van der Waals surface area contributed by atoms with Gasteiger partial charge in [0, 0.05) is 30.8 Å². The number of hydrogen-bond acceptors (Lipinski definition) is 2. The number of hydrogen-bond donors (Lipinski definition) is 0. The first-order valence-corrected chi connectivity index (χ1v) is 4.75. The lowest BCUT2D eigenvalue weighted by atomic mass is 9.88. The van der Waals surface area contributed by atoms with Crippen LogP contribution in [0.15, 0.2) is 15.7 Å². The van der Waals surface area contributed by atoms with E-state index >= 15 is 0 Å². The van der Waals surface area contributed by atoms with Crippen LogP contribution in [-0.4, -0.2) is 9.13 Å². The Hall–Kier alpha value is -1.32. The van der Waals surface area contributed by atoms with Gasteiger partial charge in [0.1, 0.15) is 0 Å². The molecule has 0 fully saturated rings. The summed E-state index contributed by atoms with van der Waals surface area (Å²) in [6.45, 7) is 4.84. The summed E-state index contributed by atoms with van der Waals surface area (Å²) in [4.78, 5) is 23.1. The molecule has 1 aliphatic heterocycles. The van der Waals surface area contributed by atoms with Gasteiger partial charge in [0.25, 0.3) is 5.56 Å². The number of aromatic nitrogens is 2. The third kappa shape index (κ3) is 1.06. The fraction of sp³-hybridized carbons (Fsp3) is 0.600. The fourth-order valence-electron chi connectivity index (χ4n) is 1.97. The van der Waals surface area contributed by atoms with Crippen molar-refractivity contribution in [1.82, 2.24) is 9.13 Å². The maximum atomic E-state index is 11.7. The smallest absolute Gasteiger partial charge is 0.297 e. The van der Waals surface area contributed by atoms with Crippen molar-refractivity contribution in [2.45, 2.75) is 32.2 Å². The number of nitrogens with zero attached hydrogens (tertiary/aromatic N) is 2. The van der Waals surface area contributed by atoms with Crippen LogP contribution in [-0.2, 0) is 19.0 Å². The van der Waals surface area contributed by atoms with Crippen molar-refractivity contribution in [3.63, 3.8) is 0 Å². The van der Waals surface area contributed by atoms with Gasteiger partial charge in [0.05, 0.1) is 0 Å². The largest absolute Gasteiger partial charge is 0.330 e. The van der Waals surface area contributed by atoms with Crippen LogP contribution in [0.2, 0.25) is 0 Å². The van der Waals surface area contributed by atoms with Crippen molar-refractivity contribution < 1.29 is 0 Å². The number of fused-ring (bicyclic) bond motifs is 1. The van der Waals surface area contributed by atoms with Crippen molar-refractivity contribution in [3.05, 3.63) is 32.6 Å². The molecule has 0 saturated carbocycles.